The van der Waals surface area contributed by atoms with Crippen LogP contribution in [-0.2, 0) is 23.8 Å². The van der Waals surface area contributed by atoms with Crippen LogP contribution in [0, 0.1) is 0 Å². The lowest BCUT2D eigenvalue weighted by molar-refractivity contribution is -0.305. The zero-order valence-corrected chi connectivity index (χ0v) is 55.8. The highest BCUT2D eigenvalue weighted by Gasteiger charge is 2.47. The minimum atomic E-state index is -1.61. The fourth-order valence-corrected chi connectivity index (χ4v) is 11.7. The van der Waals surface area contributed by atoms with Crippen molar-refractivity contribution in [1.82, 2.24) is 5.32 Å². The Kier molecular flexibility index (Phi) is 59.1. The van der Waals surface area contributed by atoms with Gasteiger partial charge in [-0.3, -0.25) is 9.59 Å². The van der Waals surface area contributed by atoms with E-state index in [1.165, 1.54) is 250 Å². The molecule has 0 saturated carbocycles. The second-order valence-electron chi connectivity index (χ2n) is 25.7. The Morgan fingerprint density at radius 1 is 0.459 bits per heavy atom. The van der Waals surface area contributed by atoms with Gasteiger partial charge in [-0.15, -0.1) is 0 Å². The van der Waals surface area contributed by atoms with Gasteiger partial charge in [0.05, 0.1) is 25.4 Å². The number of hydrogen-bond acceptors (Lipinski definition) is 10. The number of hydrogen-bond donors (Lipinski definition) is 6. The minimum absolute atomic E-state index is 0.128. The smallest absolute Gasteiger partial charge is 0.306 e. The van der Waals surface area contributed by atoms with E-state index in [1.807, 2.05) is 6.08 Å². The van der Waals surface area contributed by atoms with Gasteiger partial charge in [0, 0.05) is 6.42 Å². The van der Waals surface area contributed by atoms with E-state index in [9.17, 15) is 35.1 Å². The van der Waals surface area contributed by atoms with Gasteiger partial charge in [-0.25, -0.2) is 0 Å². The predicted molar refractivity (Wildman–Crippen MR) is 357 cm³/mol. The van der Waals surface area contributed by atoms with Gasteiger partial charge in [0.15, 0.2) is 12.4 Å². The Morgan fingerprint density at radius 2 is 0.812 bits per heavy atom. The molecule has 0 aromatic carbocycles. The summed E-state index contributed by atoms with van der Waals surface area (Å²) in [5.41, 5.74) is 0. The summed E-state index contributed by atoms with van der Waals surface area (Å²) >= 11 is 0. The molecule has 1 fully saturated rings. The highest BCUT2D eigenvalue weighted by Crippen LogP contribution is 2.27. The normalized spacial score (nSPS) is 18.5. The molecular formula is C74H139NO10. The summed E-state index contributed by atoms with van der Waals surface area (Å²) in [5, 5.41) is 57.2. The van der Waals surface area contributed by atoms with E-state index in [0.717, 1.165) is 64.2 Å². The highest BCUT2D eigenvalue weighted by molar-refractivity contribution is 5.80. The minimum Gasteiger partial charge on any atom is -0.454 e. The maximum atomic E-state index is 13.5. The summed E-state index contributed by atoms with van der Waals surface area (Å²) in [5.74, 6) is -1.18. The molecule has 0 radical (unpaired) electrons. The molecule has 11 nitrogen and oxygen atoms in total. The van der Waals surface area contributed by atoms with Gasteiger partial charge in [0.2, 0.25) is 5.91 Å². The van der Waals surface area contributed by atoms with Crippen molar-refractivity contribution in [1.29, 1.82) is 0 Å². The first kappa shape index (κ1) is 80.9. The molecule has 500 valence electrons. The fourth-order valence-electron chi connectivity index (χ4n) is 11.7. The van der Waals surface area contributed by atoms with Crippen LogP contribution in [0.2, 0.25) is 0 Å². The standard InChI is InChI=1S/C74H139NO10/c1-4-7-10-13-16-19-22-24-26-28-30-31-32-33-34-35-36-37-38-40-42-44-47-50-53-56-59-62-69(79)85-72-71(81)70(80)68(63-76)84-74(72)83-64-65(66(77)60-57-54-51-48-45-21-18-15-12-9-6-3)75-73(82)67(78)61-58-55-52-49-46-43-41-39-29-27-25-23-20-17-14-11-8-5-2/h16,19,24,26,57,60,65-68,70-72,74,76-78,80-81H,4-15,17-18,20-23,25,27-56,58-59,61-64H2,1-3H3,(H,75,82)/b19-16-,26-24-,60-57+. The first-order valence-corrected chi connectivity index (χ1v) is 36.8. The van der Waals surface area contributed by atoms with Crippen LogP contribution in [0.3, 0.4) is 0 Å². The number of nitrogens with one attached hydrogen (secondary N) is 1. The van der Waals surface area contributed by atoms with Crippen molar-refractivity contribution in [2.75, 3.05) is 13.2 Å². The number of ether oxygens (including phenoxy) is 3. The molecule has 11 heteroatoms. The summed E-state index contributed by atoms with van der Waals surface area (Å²) in [7, 11) is 0. The SMILES string of the molecule is CCCCC/C=C\C/C=C\CCCCCCCCCCCCCCCCCCCC(=O)OC1C(OCC(NC(=O)C(O)CCCCCCCCCCCCCCCCCCCC)C(O)/C=C/CCCCCCCCCCC)OC(CO)C(O)C1O. The van der Waals surface area contributed by atoms with Gasteiger partial charge < -0.3 is 45.1 Å². The van der Waals surface area contributed by atoms with Crippen LogP contribution in [0.5, 0.6) is 0 Å². The molecule has 1 amide bonds. The van der Waals surface area contributed by atoms with E-state index >= 15 is 0 Å². The van der Waals surface area contributed by atoms with Crippen molar-refractivity contribution < 1.29 is 49.3 Å². The monoisotopic (exact) mass is 1200 g/mol. The number of aliphatic hydroxyl groups is 5. The predicted octanol–water partition coefficient (Wildman–Crippen LogP) is 19.0. The average Bonchev–Trinajstić information content (AvgIpc) is 2.92. The van der Waals surface area contributed by atoms with Crippen LogP contribution >= 0.6 is 0 Å². The average molecular weight is 1200 g/mol. The number of carbonyl (C=O) groups is 2. The molecule has 85 heavy (non-hydrogen) atoms. The molecule has 0 aliphatic carbocycles. The van der Waals surface area contributed by atoms with E-state index < -0.39 is 67.4 Å². The lowest BCUT2D eigenvalue weighted by atomic mass is 9.99. The van der Waals surface area contributed by atoms with Gasteiger partial charge in [-0.1, -0.05) is 333 Å². The van der Waals surface area contributed by atoms with Gasteiger partial charge in [-0.05, 0) is 57.8 Å². The van der Waals surface area contributed by atoms with Gasteiger partial charge in [0.25, 0.3) is 0 Å². The molecule has 0 spiro atoms. The quantitative estimate of drug-likeness (QED) is 0.0195. The molecule has 0 bridgehead atoms. The van der Waals surface area contributed by atoms with E-state index in [2.05, 4.69) is 50.4 Å². The number of rotatable bonds is 64. The molecule has 1 heterocycles. The fraction of sp³-hybridized carbons (Fsp3) is 0.892. The number of amides is 1. The molecule has 8 unspecified atom stereocenters. The molecular weight excluding hydrogens is 1060 g/mol. The van der Waals surface area contributed by atoms with Gasteiger partial charge in [-0.2, -0.15) is 0 Å². The molecule has 1 rings (SSSR count). The van der Waals surface area contributed by atoms with Gasteiger partial charge >= 0.3 is 5.97 Å². The Morgan fingerprint density at radius 3 is 1.22 bits per heavy atom. The molecule has 1 saturated heterocycles. The van der Waals surface area contributed by atoms with Crippen LogP contribution in [-0.4, -0.2) is 99.6 Å². The van der Waals surface area contributed by atoms with E-state index in [4.69, 9.17) is 14.2 Å². The summed E-state index contributed by atoms with van der Waals surface area (Å²) < 4.78 is 17.7. The number of carbonyl (C=O) groups excluding carboxylic acids is 2. The first-order valence-electron chi connectivity index (χ1n) is 36.8. The zero-order chi connectivity index (χ0) is 61.7. The van der Waals surface area contributed by atoms with Crippen molar-refractivity contribution in [3.8, 4) is 0 Å². The van der Waals surface area contributed by atoms with Crippen molar-refractivity contribution in [3.63, 3.8) is 0 Å². The summed E-state index contributed by atoms with van der Waals surface area (Å²) in [4.78, 5) is 26.7. The van der Waals surface area contributed by atoms with Crippen LogP contribution in [0.25, 0.3) is 0 Å². The van der Waals surface area contributed by atoms with Crippen LogP contribution in [0.1, 0.15) is 361 Å². The van der Waals surface area contributed by atoms with E-state index in [-0.39, 0.29) is 13.0 Å². The van der Waals surface area contributed by atoms with Crippen molar-refractivity contribution in [2.45, 2.75) is 410 Å². The summed E-state index contributed by atoms with van der Waals surface area (Å²) in [6, 6.07) is -1.02. The van der Waals surface area contributed by atoms with Crippen molar-refractivity contribution >= 4 is 11.9 Å². The van der Waals surface area contributed by atoms with Crippen LogP contribution < -0.4 is 5.32 Å². The molecule has 8 atom stereocenters. The Balaban J connectivity index is 2.50. The number of aliphatic hydroxyl groups excluding tert-OH is 5. The summed E-state index contributed by atoms with van der Waals surface area (Å²) in [6.45, 7) is 5.82. The van der Waals surface area contributed by atoms with Crippen molar-refractivity contribution in [2.24, 2.45) is 0 Å². The maximum absolute atomic E-state index is 13.5. The Labute approximate surface area is 523 Å². The summed E-state index contributed by atoms with van der Waals surface area (Å²) in [6.07, 6.45) is 66.3. The maximum Gasteiger partial charge on any atom is 0.306 e. The number of allylic oxidation sites excluding steroid dienone is 5. The third-order valence-electron chi connectivity index (χ3n) is 17.5. The molecule has 6 N–H and O–H groups in total. The number of esters is 1. The van der Waals surface area contributed by atoms with E-state index in [0.29, 0.717) is 19.3 Å². The molecule has 1 aliphatic heterocycles. The molecule has 0 aromatic heterocycles. The third-order valence-corrected chi connectivity index (χ3v) is 17.5. The highest BCUT2D eigenvalue weighted by atomic mass is 16.7. The topological polar surface area (TPSA) is 175 Å². The van der Waals surface area contributed by atoms with Gasteiger partial charge in [0.1, 0.15) is 24.4 Å². The van der Waals surface area contributed by atoms with E-state index in [1.54, 1.807) is 6.08 Å². The second-order valence-corrected chi connectivity index (χ2v) is 25.7. The molecule has 0 aromatic rings. The third kappa shape index (κ3) is 49.4. The molecule has 1 aliphatic rings. The Bertz CT molecular complexity index is 1520. The lowest BCUT2D eigenvalue weighted by Gasteiger charge is -2.41. The van der Waals surface area contributed by atoms with Crippen LogP contribution in [0.4, 0.5) is 0 Å². The zero-order valence-electron chi connectivity index (χ0n) is 55.8. The largest absolute Gasteiger partial charge is 0.454 e. The van der Waals surface area contributed by atoms with Crippen molar-refractivity contribution in [3.05, 3.63) is 36.5 Å². The Hall–Kier alpha value is -2.12. The first-order chi connectivity index (χ1) is 41.7. The lowest BCUT2D eigenvalue weighted by Crippen LogP contribution is -2.61. The number of unbranched alkanes of at least 4 members (excludes halogenated alkanes) is 46. The second kappa shape index (κ2) is 62.1. The van der Waals surface area contributed by atoms with Crippen LogP contribution in [0.15, 0.2) is 36.5 Å².